The zero-order valence-corrected chi connectivity index (χ0v) is 14.9. The second kappa shape index (κ2) is 6.69. The number of hydrogen-bond donors (Lipinski definition) is 1. The fourth-order valence-corrected chi connectivity index (χ4v) is 4.10. The molecule has 0 atom stereocenters. The fraction of sp³-hybridized carbons (Fsp3) is 0.550. The normalized spacial score (nSPS) is 20.2. The van der Waals surface area contributed by atoms with Gasteiger partial charge in [-0.2, -0.15) is 5.10 Å². The highest BCUT2D eigenvalue weighted by molar-refractivity contribution is 5.67. The minimum absolute atomic E-state index is 0.779. The van der Waals surface area contributed by atoms with E-state index in [4.69, 9.17) is 0 Å². The van der Waals surface area contributed by atoms with Crippen LogP contribution in [0.15, 0.2) is 24.4 Å². The van der Waals surface area contributed by atoms with E-state index in [0.29, 0.717) is 0 Å². The second-order valence-electron chi connectivity index (χ2n) is 7.53. The lowest BCUT2D eigenvalue weighted by molar-refractivity contribution is 0.0187. The second-order valence-corrected chi connectivity index (χ2v) is 7.53. The van der Waals surface area contributed by atoms with Gasteiger partial charge < -0.3 is 0 Å². The van der Waals surface area contributed by atoms with E-state index in [-0.39, 0.29) is 0 Å². The monoisotopic (exact) mass is 324 g/mol. The van der Waals surface area contributed by atoms with Crippen molar-refractivity contribution in [3.05, 3.63) is 41.1 Å². The first kappa shape index (κ1) is 15.9. The highest BCUT2D eigenvalue weighted by Crippen LogP contribution is 2.28. The minimum Gasteiger partial charge on any atom is -0.298 e. The van der Waals surface area contributed by atoms with Crippen molar-refractivity contribution in [2.24, 2.45) is 0 Å². The number of aromatic amines is 1. The van der Waals surface area contributed by atoms with Crippen LogP contribution in [0, 0.1) is 13.8 Å². The van der Waals surface area contributed by atoms with E-state index in [2.05, 4.69) is 52.0 Å². The van der Waals surface area contributed by atoms with Crippen molar-refractivity contribution < 1.29 is 0 Å². The van der Waals surface area contributed by atoms with Crippen molar-refractivity contribution in [2.75, 3.05) is 26.2 Å². The number of rotatable bonds is 4. The molecule has 0 saturated carbocycles. The fourth-order valence-electron chi connectivity index (χ4n) is 4.10. The minimum atomic E-state index is 0.779. The molecule has 3 heterocycles. The standard InChI is InChI=1S/C20H28N4/c1-15-6-7-16(2)19(10-15)20-17(11-21-22-20)12-23-13-18(14-23)24-8-4-3-5-9-24/h6-7,10-11,18H,3-5,8-9,12-14H2,1-2H3,(H,21,22). The zero-order valence-electron chi connectivity index (χ0n) is 14.9. The molecule has 2 fully saturated rings. The van der Waals surface area contributed by atoms with Crippen molar-refractivity contribution >= 4 is 0 Å². The summed E-state index contributed by atoms with van der Waals surface area (Å²) in [5.41, 5.74) is 6.40. The lowest BCUT2D eigenvalue weighted by atomic mass is 9.98. The number of hydrogen-bond acceptors (Lipinski definition) is 3. The summed E-state index contributed by atoms with van der Waals surface area (Å²) in [6.45, 7) is 10.3. The summed E-state index contributed by atoms with van der Waals surface area (Å²) in [5.74, 6) is 0. The van der Waals surface area contributed by atoms with Crippen molar-refractivity contribution in [3.63, 3.8) is 0 Å². The maximum absolute atomic E-state index is 4.33. The van der Waals surface area contributed by atoms with Gasteiger partial charge in [-0.05, 0) is 51.4 Å². The molecule has 128 valence electrons. The molecule has 0 aliphatic carbocycles. The van der Waals surface area contributed by atoms with Crippen LogP contribution in [0.5, 0.6) is 0 Å². The topological polar surface area (TPSA) is 35.2 Å². The Morgan fingerprint density at radius 2 is 1.92 bits per heavy atom. The Balaban J connectivity index is 1.42. The first-order chi connectivity index (χ1) is 11.7. The lowest BCUT2D eigenvalue weighted by Crippen LogP contribution is -2.59. The molecule has 0 radical (unpaired) electrons. The van der Waals surface area contributed by atoms with E-state index in [1.807, 2.05) is 6.20 Å². The van der Waals surface area contributed by atoms with Gasteiger partial charge in [0.1, 0.15) is 0 Å². The van der Waals surface area contributed by atoms with E-state index in [9.17, 15) is 0 Å². The molecule has 1 aromatic heterocycles. The number of piperidine rings is 1. The van der Waals surface area contributed by atoms with E-state index in [0.717, 1.165) is 12.6 Å². The first-order valence-electron chi connectivity index (χ1n) is 9.27. The van der Waals surface area contributed by atoms with Gasteiger partial charge in [0.25, 0.3) is 0 Å². The summed E-state index contributed by atoms with van der Waals surface area (Å²) in [7, 11) is 0. The summed E-state index contributed by atoms with van der Waals surface area (Å²) >= 11 is 0. The number of benzene rings is 1. The van der Waals surface area contributed by atoms with Crippen LogP contribution < -0.4 is 0 Å². The molecule has 1 aromatic carbocycles. The molecule has 4 rings (SSSR count). The maximum Gasteiger partial charge on any atom is 0.0698 e. The summed E-state index contributed by atoms with van der Waals surface area (Å²) in [6.07, 6.45) is 6.19. The van der Waals surface area contributed by atoms with Crippen molar-refractivity contribution in [1.29, 1.82) is 0 Å². The zero-order chi connectivity index (χ0) is 16.5. The molecule has 0 unspecified atom stereocenters. The Hall–Kier alpha value is -1.65. The third-order valence-corrected chi connectivity index (χ3v) is 5.62. The predicted molar refractivity (Wildman–Crippen MR) is 98.0 cm³/mol. The molecule has 4 nitrogen and oxygen atoms in total. The van der Waals surface area contributed by atoms with Gasteiger partial charge in [0.15, 0.2) is 0 Å². The number of aromatic nitrogens is 2. The molecular formula is C20H28N4. The van der Waals surface area contributed by atoms with Gasteiger partial charge in [-0.15, -0.1) is 0 Å². The van der Waals surface area contributed by atoms with E-state index in [1.54, 1.807) is 0 Å². The third-order valence-electron chi connectivity index (χ3n) is 5.62. The Bertz CT molecular complexity index is 693. The van der Waals surface area contributed by atoms with Gasteiger partial charge in [0.2, 0.25) is 0 Å². The number of likely N-dealkylation sites (tertiary alicyclic amines) is 2. The molecule has 2 aliphatic heterocycles. The molecule has 0 bridgehead atoms. The predicted octanol–water partition coefficient (Wildman–Crippen LogP) is 3.36. The molecule has 1 N–H and O–H groups in total. The molecule has 0 spiro atoms. The lowest BCUT2D eigenvalue weighted by Gasteiger charge is -2.46. The summed E-state index contributed by atoms with van der Waals surface area (Å²) in [4.78, 5) is 5.25. The van der Waals surface area contributed by atoms with E-state index in [1.165, 1.54) is 73.4 Å². The maximum atomic E-state index is 4.33. The van der Waals surface area contributed by atoms with Crippen LogP contribution in [-0.2, 0) is 6.54 Å². The van der Waals surface area contributed by atoms with Gasteiger partial charge in [-0.1, -0.05) is 24.1 Å². The molecule has 2 aromatic rings. The van der Waals surface area contributed by atoms with Crippen LogP contribution >= 0.6 is 0 Å². The Morgan fingerprint density at radius 1 is 1.12 bits per heavy atom. The first-order valence-corrected chi connectivity index (χ1v) is 9.27. The van der Waals surface area contributed by atoms with Gasteiger partial charge in [-0.25, -0.2) is 0 Å². The largest absolute Gasteiger partial charge is 0.298 e. The summed E-state index contributed by atoms with van der Waals surface area (Å²) in [6, 6.07) is 7.42. The van der Waals surface area contributed by atoms with E-state index < -0.39 is 0 Å². The van der Waals surface area contributed by atoms with Crippen LogP contribution in [0.3, 0.4) is 0 Å². The van der Waals surface area contributed by atoms with Gasteiger partial charge >= 0.3 is 0 Å². The van der Waals surface area contributed by atoms with Gasteiger partial charge in [0.05, 0.1) is 11.9 Å². The highest BCUT2D eigenvalue weighted by atomic mass is 15.3. The van der Waals surface area contributed by atoms with E-state index >= 15 is 0 Å². The average molecular weight is 324 g/mol. The van der Waals surface area contributed by atoms with Crippen molar-refractivity contribution in [2.45, 2.75) is 45.7 Å². The number of H-pyrrole nitrogens is 1. The number of nitrogens with zero attached hydrogens (tertiary/aromatic N) is 3. The number of nitrogens with one attached hydrogen (secondary N) is 1. The van der Waals surface area contributed by atoms with Gasteiger partial charge in [0, 0.05) is 36.8 Å². The number of aryl methyl sites for hydroxylation is 2. The molecule has 0 amide bonds. The SMILES string of the molecule is Cc1ccc(C)c(-c2[nH]ncc2CN2CC(N3CCCCC3)C2)c1. The van der Waals surface area contributed by atoms with Crippen LogP contribution in [0.1, 0.15) is 36.0 Å². The summed E-state index contributed by atoms with van der Waals surface area (Å²) < 4.78 is 0. The Kier molecular flexibility index (Phi) is 4.42. The summed E-state index contributed by atoms with van der Waals surface area (Å²) in [5, 5.41) is 7.56. The van der Waals surface area contributed by atoms with Crippen LogP contribution in [0.2, 0.25) is 0 Å². The molecule has 2 aliphatic rings. The van der Waals surface area contributed by atoms with Crippen LogP contribution in [0.4, 0.5) is 0 Å². The molecule has 2 saturated heterocycles. The van der Waals surface area contributed by atoms with Crippen molar-refractivity contribution in [1.82, 2.24) is 20.0 Å². The third kappa shape index (κ3) is 3.13. The molecule has 4 heteroatoms. The van der Waals surface area contributed by atoms with Crippen LogP contribution in [0.25, 0.3) is 11.3 Å². The molecule has 24 heavy (non-hydrogen) atoms. The Labute approximate surface area is 144 Å². The van der Waals surface area contributed by atoms with Crippen molar-refractivity contribution in [3.8, 4) is 11.3 Å². The highest BCUT2D eigenvalue weighted by Gasteiger charge is 2.32. The van der Waals surface area contributed by atoms with Crippen LogP contribution in [-0.4, -0.2) is 52.2 Å². The van der Waals surface area contributed by atoms with Gasteiger partial charge in [-0.3, -0.25) is 14.9 Å². The quantitative estimate of drug-likeness (QED) is 0.936. The Morgan fingerprint density at radius 3 is 2.71 bits per heavy atom. The molecular weight excluding hydrogens is 296 g/mol. The average Bonchev–Trinajstić information content (AvgIpc) is 3.01. The smallest absolute Gasteiger partial charge is 0.0698 e.